The Balaban J connectivity index is 2.21. The topological polar surface area (TPSA) is 78.7 Å². The van der Waals surface area contributed by atoms with Crippen molar-refractivity contribution < 1.29 is 9.18 Å². The Kier molecular flexibility index (Phi) is 5.57. The lowest BCUT2D eigenvalue weighted by Gasteiger charge is -2.01. The second kappa shape index (κ2) is 7.42. The number of halogens is 2. The van der Waals surface area contributed by atoms with E-state index in [1.807, 2.05) is 29.5 Å². The van der Waals surface area contributed by atoms with Crippen molar-refractivity contribution in [3.05, 3.63) is 43.7 Å². The fourth-order valence-corrected chi connectivity index (χ4v) is 2.66. The average molecular weight is 428 g/mol. The van der Waals surface area contributed by atoms with E-state index in [9.17, 15) is 9.18 Å². The van der Waals surface area contributed by atoms with Gasteiger partial charge in [-0.25, -0.2) is 4.39 Å². The maximum atomic E-state index is 13.8. The van der Waals surface area contributed by atoms with Crippen LogP contribution in [0.15, 0.2) is 23.8 Å². The van der Waals surface area contributed by atoms with E-state index in [2.05, 4.69) is 15.5 Å². The Labute approximate surface area is 144 Å². The van der Waals surface area contributed by atoms with E-state index in [-0.39, 0.29) is 11.1 Å². The van der Waals surface area contributed by atoms with Crippen LogP contribution in [0.25, 0.3) is 6.08 Å². The Hall–Kier alpha value is -1.86. The van der Waals surface area contributed by atoms with Gasteiger partial charge in [0.15, 0.2) is 0 Å². The third-order valence-electron chi connectivity index (χ3n) is 2.62. The molecule has 0 bridgehead atoms. The largest absolute Gasteiger partial charge is 0.296 e. The molecule has 1 N–H and O–H groups in total. The summed E-state index contributed by atoms with van der Waals surface area (Å²) in [6.45, 7) is 1.92. The molecule has 0 saturated carbocycles. The predicted octanol–water partition coefficient (Wildman–Crippen LogP) is 3.39. The molecule has 5 nitrogen and oxygen atoms in total. The SMILES string of the molecule is CCc1nnc(NC(=O)/C(C#N)=C/c2ccc(I)cc2F)s1. The van der Waals surface area contributed by atoms with Crippen LogP contribution in [0.5, 0.6) is 0 Å². The van der Waals surface area contributed by atoms with Gasteiger partial charge in [-0.2, -0.15) is 5.26 Å². The molecule has 0 radical (unpaired) electrons. The molecule has 1 heterocycles. The Morgan fingerprint density at radius 2 is 2.32 bits per heavy atom. The molecule has 0 unspecified atom stereocenters. The van der Waals surface area contributed by atoms with Gasteiger partial charge in [0.2, 0.25) is 5.13 Å². The monoisotopic (exact) mass is 428 g/mol. The molecule has 1 amide bonds. The van der Waals surface area contributed by atoms with Gasteiger partial charge in [0, 0.05) is 9.13 Å². The van der Waals surface area contributed by atoms with Gasteiger partial charge in [0.05, 0.1) is 0 Å². The minimum Gasteiger partial charge on any atom is -0.296 e. The van der Waals surface area contributed by atoms with E-state index in [1.165, 1.54) is 29.5 Å². The number of aryl methyl sites for hydroxylation is 1. The summed E-state index contributed by atoms with van der Waals surface area (Å²) in [5.41, 5.74) is -0.0213. The van der Waals surface area contributed by atoms with Crippen molar-refractivity contribution in [1.29, 1.82) is 5.26 Å². The van der Waals surface area contributed by atoms with Crippen molar-refractivity contribution in [2.75, 3.05) is 5.32 Å². The number of nitriles is 1. The number of rotatable bonds is 4. The van der Waals surface area contributed by atoms with E-state index in [0.29, 0.717) is 11.6 Å². The smallest absolute Gasteiger partial charge is 0.268 e. The highest BCUT2D eigenvalue weighted by Crippen LogP contribution is 2.18. The minimum atomic E-state index is -0.640. The summed E-state index contributed by atoms with van der Waals surface area (Å²) >= 11 is 3.22. The maximum Gasteiger partial charge on any atom is 0.268 e. The maximum absolute atomic E-state index is 13.8. The number of nitrogens with zero attached hydrogens (tertiary/aromatic N) is 3. The van der Waals surface area contributed by atoms with E-state index < -0.39 is 11.7 Å². The second-order valence-corrected chi connectivity index (χ2v) is 6.45. The number of benzene rings is 1. The molecule has 0 aliphatic heterocycles. The van der Waals surface area contributed by atoms with Crippen molar-refractivity contribution in [2.45, 2.75) is 13.3 Å². The first kappa shape index (κ1) is 16.5. The van der Waals surface area contributed by atoms with Gasteiger partial charge in [0.1, 0.15) is 22.5 Å². The highest BCUT2D eigenvalue weighted by molar-refractivity contribution is 14.1. The Bertz CT molecular complexity index is 781. The fraction of sp³-hybridized carbons (Fsp3) is 0.143. The summed E-state index contributed by atoms with van der Waals surface area (Å²) in [5.74, 6) is -1.13. The van der Waals surface area contributed by atoms with Gasteiger partial charge in [0.25, 0.3) is 5.91 Å². The molecule has 2 aromatic rings. The molecule has 0 aliphatic rings. The lowest BCUT2D eigenvalue weighted by molar-refractivity contribution is -0.112. The zero-order valence-corrected chi connectivity index (χ0v) is 14.4. The van der Waals surface area contributed by atoms with E-state index in [4.69, 9.17) is 5.26 Å². The van der Waals surface area contributed by atoms with Crippen LogP contribution in [0.3, 0.4) is 0 Å². The number of hydrogen-bond donors (Lipinski definition) is 1. The van der Waals surface area contributed by atoms with Gasteiger partial charge in [-0.1, -0.05) is 24.3 Å². The lowest BCUT2D eigenvalue weighted by atomic mass is 10.1. The molecule has 1 aromatic heterocycles. The molecule has 112 valence electrons. The number of aromatic nitrogens is 2. The Morgan fingerprint density at radius 3 is 2.91 bits per heavy atom. The third-order valence-corrected chi connectivity index (χ3v) is 4.27. The van der Waals surface area contributed by atoms with Crippen LogP contribution in [-0.2, 0) is 11.2 Å². The zero-order valence-electron chi connectivity index (χ0n) is 11.4. The molecule has 1 aromatic carbocycles. The number of amides is 1. The van der Waals surface area contributed by atoms with Crippen LogP contribution >= 0.6 is 33.9 Å². The number of carbonyl (C=O) groups is 1. The summed E-state index contributed by atoms with van der Waals surface area (Å²) in [7, 11) is 0. The van der Waals surface area contributed by atoms with E-state index in [0.717, 1.165) is 8.58 Å². The molecule has 0 atom stereocenters. The van der Waals surface area contributed by atoms with Crippen LogP contribution in [-0.4, -0.2) is 16.1 Å². The van der Waals surface area contributed by atoms with E-state index >= 15 is 0 Å². The first-order valence-corrected chi connectivity index (χ1v) is 8.13. The van der Waals surface area contributed by atoms with Crippen LogP contribution in [0.2, 0.25) is 0 Å². The van der Waals surface area contributed by atoms with Crippen LogP contribution in [0.1, 0.15) is 17.5 Å². The first-order valence-electron chi connectivity index (χ1n) is 6.24. The molecule has 0 fully saturated rings. The summed E-state index contributed by atoms with van der Waals surface area (Å²) in [4.78, 5) is 12.0. The first-order chi connectivity index (χ1) is 10.5. The summed E-state index contributed by atoms with van der Waals surface area (Å²) < 4.78 is 14.5. The van der Waals surface area contributed by atoms with Gasteiger partial charge in [-0.05, 0) is 47.2 Å². The van der Waals surface area contributed by atoms with Gasteiger partial charge < -0.3 is 0 Å². The van der Waals surface area contributed by atoms with Crippen molar-refractivity contribution in [2.24, 2.45) is 0 Å². The van der Waals surface area contributed by atoms with Gasteiger partial charge >= 0.3 is 0 Å². The third kappa shape index (κ3) is 4.08. The minimum absolute atomic E-state index is 0.179. The predicted molar refractivity (Wildman–Crippen MR) is 90.6 cm³/mol. The summed E-state index contributed by atoms with van der Waals surface area (Å²) in [5, 5.41) is 20.4. The molecule has 0 aliphatic carbocycles. The van der Waals surface area contributed by atoms with Crippen molar-refractivity contribution in [3.63, 3.8) is 0 Å². The van der Waals surface area contributed by atoms with Gasteiger partial charge in [-0.3, -0.25) is 10.1 Å². The molecule has 8 heteroatoms. The van der Waals surface area contributed by atoms with Crippen LogP contribution < -0.4 is 5.32 Å². The van der Waals surface area contributed by atoms with Crippen LogP contribution in [0, 0.1) is 20.7 Å². The molecule has 0 saturated heterocycles. The van der Waals surface area contributed by atoms with Crippen molar-refractivity contribution in [3.8, 4) is 6.07 Å². The standard InChI is InChI=1S/C14H10FIN4OS/c1-2-12-19-20-14(22-12)18-13(21)9(7-17)5-8-3-4-10(16)6-11(8)15/h3-6H,2H2,1H3,(H,18,20,21)/b9-5+. The molecular weight excluding hydrogens is 418 g/mol. The summed E-state index contributed by atoms with van der Waals surface area (Å²) in [6, 6.07) is 6.31. The number of anilines is 1. The number of hydrogen-bond acceptors (Lipinski definition) is 5. The second-order valence-electron chi connectivity index (χ2n) is 4.14. The van der Waals surface area contributed by atoms with Crippen molar-refractivity contribution in [1.82, 2.24) is 10.2 Å². The molecular formula is C14H10FIN4OS. The number of carbonyl (C=O) groups excluding carboxylic acids is 1. The highest BCUT2D eigenvalue weighted by Gasteiger charge is 2.13. The average Bonchev–Trinajstić information content (AvgIpc) is 2.94. The van der Waals surface area contributed by atoms with E-state index in [1.54, 1.807) is 12.1 Å². The molecule has 2 rings (SSSR count). The van der Waals surface area contributed by atoms with Crippen molar-refractivity contribution >= 4 is 51.0 Å². The lowest BCUT2D eigenvalue weighted by Crippen LogP contribution is -2.13. The van der Waals surface area contributed by atoms with Crippen LogP contribution in [0.4, 0.5) is 9.52 Å². The zero-order chi connectivity index (χ0) is 16.1. The quantitative estimate of drug-likeness (QED) is 0.460. The van der Waals surface area contributed by atoms with Gasteiger partial charge in [-0.15, -0.1) is 10.2 Å². The molecule has 22 heavy (non-hydrogen) atoms. The Morgan fingerprint density at radius 1 is 1.55 bits per heavy atom. The normalized spacial score (nSPS) is 11.1. The number of nitrogens with one attached hydrogen (secondary N) is 1. The summed E-state index contributed by atoms with van der Waals surface area (Å²) in [6.07, 6.45) is 1.92. The fourth-order valence-electron chi connectivity index (χ4n) is 1.53. The highest BCUT2D eigenvalue weighted by atomic mass is 127. The molecule has 0 spiro atoms.